The molecular weight excluding hydrogens is 325 g/mol. The van der Waals surface area contributed by atoms with E-state index in [1.54, 1.807) is 12.1 Å². The molecule has 3 aromatic rings. The summed E-state index contributed by atoms with van der Waals surface area (Å²) in [6.07, 6.45) is -0.101. The van der Waals surface area contributed by atoms with E-state index in [0.717, 1.165) is 15.6 Å². The van der Waals surface area contributed by atoms with Crippen LogP contribution in [0.25, 0.3) is 10.1 Å². The van der Waals surface area contributed by atoms with Gasteiger partial charge < -0.3 is 9.64 Å². The van der Waals surface area contributed by atoms with Crippen molar-refractivity contribution in [2.45, 2.75) is 6.10 Å². The molecule has 1 amide bonds. The molecular formula is C19H16FNO2S. The van der Waals surface area contributed by atoms with Crippen molar-refractivity contribution in [2.75, 3.05) is 19.7 Å². The summed E-state index contributed by atoms with van der Waals surface area (Å²) in [4.78, 5) is 15.3. The molecule has 0 spiro atoms. The first-order valence-electron chi connectivity index (χ1n) is 7.85. The summed E-state index contributed by atoms with van der Waals surface area (Å²) in [5.74, 6) is -0.296. The van der Waals surface area contributed by atoms with Crippen LogP contribution in [-0.4, -0.2) is 30.5 Å². The Morgan fingerprint density at radius 3 is 2.83 bits per heavy atom. The number of benzene rings is 2. The van der Waals surface area contributed by atoms with Crippen molar-refractivity contribution in [1.29, 1.82) is 0 Å². The second-order valence-corrected chi connectivity index (χ2v) is 6.90. The van der Waals surface area contributed by atoms with Gasteiger partial charge in [-0.25, -0.2) is 4.39 Å². The largest absolute Gasteiger partial charge is 0.370 e. The second-order valence-electron chi connectivity index (χ2n) is 5.81. The van der Waals surface area contributed by atoms with E-state index in [9.17, 15) is 9.18 Å². The van der Waals surface area contributed by atoms with Gasteiger partial charge >= 0.3 is 0 Å². The Kier molecular flexibility index (Phi) is 4.04. The van der Waals surface area contributed by atoms with E-state index in [1.165, 1.54) is 23.5 Å². The molecule has 24 heavy (non-hydrogen) atoms. The first-order chi connectivity index (χ1) is 11.7. The van der Waals surface area contributed by atoms with Crippen molar-refractivity contribution < 1.29 is 13.9 Å². The van der Waals surface area contributed by atoms with Crippen molar-refractivity contribution in [3.63, 3.8) is 0 Å². The van der Waals surface area contributed by atoms with Crippen LogP contribution in [0, 0.1) is 5.82 Å². The highest BCUT2D eigenvalue weighted by Gasteiger charge is 2.27. The smallest absolute Gasteiger partial charge is 0.264 e. The number of hydrogen-bond donors (Lipinski definition) is 0. The molecule has 1 fully saturated rings. The zero-order chi connectivity index (χ0) is 16.5. The van der Waals surface area contributed by atoms with Gasteiger partial charge in [-0.05, 0) is 35.2 Å². The van der Waals surface area contributed by atoms with Gasteiger partial charge in [0.1, 0.15) is 11.9 Å². The van der Waals surface area contributed by atoms with Gasteiger partial charge in [0.2, 0.25) is 0 Å². The highest BCUT2D eigenvalue weighted by atomic mass is 32.1. The van der Waals surface area contributed by atoms with E-state index >= 15 is 0 Å². The lowest BCUT2D eigenvalue weighted by atomic mass is 10.1. The van der Waals surface area contributed by atoms with E-state index in [-0.39, 0.29) is 17.8 Å². The third kappa shape index (κ3) is 2.92. The summed E-state index contributed by atoms with van der Waals surface area (Å²) in [5, 5.41) is 0.774. The Morgan fingerprint density at radius 1 is 1.17 bits per heavy atom. The number of thiophene rings is 1. The first-order valence-corrected chi connectivity index (χ1v) is 8.67. The second kappa shape index (κ2) is 6.34. The molecule has 2 heterocycles. The summed E-state index contributed by atoms with van der Waals surface area (Å²) < 4.78 is 20.1. The molecule has 0 saturated carbocycles. The van der Waals surface area contributed by atoms with Crippen LogP contribution in [0.5, 0.6) is 0 Å². The van der Waals surface area contributed by atoms with E-state index < -0.39 is 0 Å². The number of morpholine rings is 1. The number of amides is 1. The fourth-order valence-corrected chi connectivity index (χ4v) is 3.99. The maximum absolute atomic E-state index is 13.3. The summed E-state index contributed by atoms with van der Waals surface area (Å²) in [7, 11) is 0. The molecule has 1 saturated heterocycles. The highest BCUT2D eigenvalue weighted by molar-refractivity contribution is 7.20. The Balaban J connectivity index is 1.56. The van der Waals surface area contributed by atoms with Crippen LogP contribution in [0.15, 0.2) is 54.6 Å². The van der Waals surface area contributed by atoms with Crippen LogP contribution >= 0.6 is 11.3 Å². The molecule has 122 valence electrons. The maximum atomic E-state index is 13.3. The van der Waals surface area contributed by atoms with Crippen molar-refractivity contribution in [3.8, 4) is 0 Å². The normalized spacial score (nSPS) is 18.0. The summed E-state index contributed by atoms with van der Waals surface area (Å²) in [6.45, 7) is 1.63. The van der Waals surface area contributed by atoms with Crippen LogP contribution in [-0.2, 0) is 4.74 Å². The lowest BCUT2D eigenvalue weighted by molar-refractivity contribution is -0.0226. The van der Waals surface area contributed by atoms with Gasteiger partial charge in [0.15, 0.2) is 0 Å². The number of carbonyl (C=O) groups is 1. The summed E-state index contributed by atoms with van der Waals surface area (Å²) in [5.41, 5.74) is 1.08. The van der Waals surface area contributed by atoms with Gasteiger partial charge in [-0.1, -0.05) is 30.3 Å². The third-order valence-corrected chi connectivity index (χ3v) is 5.32. The Hall–Kier alpha value is -2.24. The maximum Gasteiger partial charge on any atom is 0.264 e. The molecule has 3 nitrogen and oxygen atoms in total. The fraction of sp³-hybridized carbons (Fsp3) is 0.211. The van der Waals surface area contributed by atoms with Gasteiger partial charge in [-0.3, -0.25) is 4.79 Å². The van der Waals surface area contributed by atoms with Crippen LogP contribution in [0.2, 0.25) is 0 Å². The minimum atomic E-state index is -0.283. The van der Waals surface area contributed by atoms with E-state index in [0.29, 0.717) is 24.6 Å². The van der Waals surface area contributed by atoms with E-state index in [1.807, 2.05) is 35.2 Å². The molecule has 4 rings (SSSR count). The molecule has 0 N–H and O–H groups in total. The molecule has 0 unspecified atom stereocenters. The zero-order valence-corrected chi connectivity index (χ0v) is 13.8. The SMILES string of the molecule is O=C(c1cc2cc(F)ccc2s1)N1CCO[C@@H](c2ccccc2)C1. The summed E-state index contributed by atoms with van der Waals surface area (Å²) >= 11 is 1.41. The molecule has 0 aliphatic carbocycles. The van der Waals surface area contributed by atoms with Gasteiger partial charge in [-0.2, -0.15) is 0 Å². The van der Waals surface area contributed by atoms with E-state index in [4.69, 9.17) is 4.74 Å². The summed E-state index contributed by atoms with van der Waals surface area (Å²) in [6, 6.07) is 16.3. The topological polar surface area (TPSA) is 29.5 Å². The molecule has 1 atom stereocenters. The minimum Gasteiger partial charge on any atom is -0.370 e. The quantitative estimate of drug-likeness (QED) is 0.697. The number of hydrogen-bond acceptors (Lipinski definition) is 3. The average Bonchev–Trinajstić information content (AvgIpc) is 3.05. The van der Waals surface area contributed by atoms with Crippen molar-refractivity contribution >= 4 is 27.3 Å². The van der Waals surface area contributed by atoms with Crippen molar-refractivity contribution in [3.05, 3.63) is 70.9 Å². The molecule has 0 bridgehead atoms. The Morgan fingerprint density at radius 2 is 2.00 bits per heavy atom. The lowest BCUT2D eigenvalue weighted by Gasteiger charge is -2.33. The molecule has 0 radical (unpaired) electrons. The number of halogens is 1. The van der Waals surface area contributed by atoms with Crippen LogP contribution in [0.1, 0.15) is 21.3 Å². The third-order valence-electron chi connectivity index (χ3n) is 4.21. The number of rotatable bonds is 2. The van der Waals surface area contributed by atoms with E-state index in [2.05, 4.69) is 0 Å². The van der Waals surface area contributed by atoms with Crippen LogP contribution in [0.3, 0.4) is 0 Å². The number of fused-ring (bicyclic) bond motifs is 1. The lowest BCUT2D eigenvalue weighted by Crippen LogP contribution is -2.42. The van der Waals surface area contributed by atoms with Gasteiger partial charge in [0.05, 0.1) is 18.0 Å². The van der Waals surface area contributed by atoms with Crippen molar-refractivity contribution in [1.82, 2.24) is 4.90 Å². The van der Waals surface area contributed by atoms with Crippen LogP contribution in [0.4, 0.5) is 4.39 Å². The van der Waals surface area contributed by atoms with Gasteiger partial charge in [-0.15, -0.1) is 11.3 Å². The monoisotopic (exact) mass is 341 g/mol. The standard InChI is InChI=1S/C19H16FNO2S/c20-15-6-7-17-14(10-15)11-18(24-17)19(22)21-8-9-23-16(12-21)13-4-2-1-3-5-13/h1-7,10-11,16H,8-9,12H2/t16-/m1/s1. The average molecular weight is 341 g/mol. The first kappa shape index (κ1) is 15.3. The van der Waals surface area contributed by atoms with Gasteiger partial charge in [0.25, 0.3) is 5.91 Å². The van der Waals surface area contributed by atoms with Crippen molar-refractivity contribution in [2.24, 2.45) is 0 Å². The molecule has 1 aliphatic rings. The highest BCUT2D eigenvalue weighted by Crippen LogP contribution is 2.29. The Labute approximate surface area is 143 Å². The minimum absolute atomic E-state index is 0.0131. The Bertz CT molecular complexity index is 877. The number of carbonyl (C=O) groups excluding carboxylic acids is 1. The molecule has 2 aromatic carbocycles. The number of ether oxygens (including phenoxy) is 1. The predicted octanol–water partition coefficient (Wildman–Crippen LogP) is 4.25. The fourth-order valence-electron chi connectivity index (χ4n) is 2.98. The number of nitrogens with zero attached hydrogens (tertiary/aromatic N) is 1. The molecule has 5 heteroatoms. The molecule has 1 aromatic heterocycles. The van der Waals surface area contributed by atoms with Gasteiger partial charge in [0, 0.05) is 11.2 Å². The zero-order valence-electron chi connectivity index (χ0n) is 12.9. The molecule has 1 aliphatic heterocycles. The van der Waals surface area contributed by atoms with Crippen LogP contribution < -0.4 is 0 Å². The predicted molar refractivity (Wildman–Crippen MR) is 92.8 cm³/mol.